The van der Waals surface area contributed by atoms with Crippen molar-refractivity contribution in [3.63, 3.8) is 0 Å². The first kappa shape index (κ1) is 20.9. The predicted molar refractivity (Wildman–Crippen MR) is 125 cm³/mol. The Morgan fingerprint density at radius 1 is 1.00 bits per heavy atom. The SMILES string of the molecule is CSCc1nc2ccccc2n1CC(=O)NCc1ccc(Cn2ccccc2=O)cc1. The normalized spacial score (nSPS) is 11.0. The van der Waals surface area contributed by atoms with Crippen molar-refractivity contribution in [1.82, 2.24) is 19.4 Å². The van der Waals surface area contributed by atoms with Crippen LogP contribution >= 0.6 is 11.8 Å². The van der Waals surface area contributed by atoms with Crippen LogP contribution in [0, 0.1) is 0 Å². The van der Waals surface area contributed by atoms with Crippen LogP contribution in [0.5, 0.6) is 0 Å². The number of thioether (sulfide) groups is 1. The number of rotatable bonds is 8. The second-order valence-electron chi connectivity index (χ2n) is 7.30. The van der Waals surface area contributed by atoms with Crippen LogP contribution in [0.2, 0.25) is 0 Å². The quantitative estimate of drug-likeness (QED) is 0.463. The van der Waals surface area contributed by atoms with Crippen molar-refractivity contribution in [2.24, 2.45) is 0 Å². The molecule has 0 aliphatic rings. The van der Waals surface area contributed by atoms with Gasteiger partial charge in [-0.25, -0.2) is 4.98 Å². The third-order valence-electron chi connectivity index (χ3n) is 5.07. The summed E-state index contributed by atoms with van der Waals surface area (Å²) in [5.41, 5.74) is 3.91. The number of para-hydroxylation sites is 2. The summed E-state index contributed by atoms with van der Waals surface area (Å²) in [6.45, 7) is 1.22. The largest absolute Gasteiger partial charge is 0.350 e. The molecule has 4 rings (SSSR count). The Hall–Kier alpha value is -3.32. The fourth-order valence-corrected chi connectivity index (χ4v) is 3.97. The molecule has 1 amide bonds. The first-order chi connectivity index (χ1) is 15.1. The van der Waals surface area contributed by atoms with E-state index in [1.165, 1.54) is 0 Å². The lowest BCUT2D eigenvalue weighted by Gasteiger charge is -2.10. The number of hydrogen-bond acceptors (Lipinski definition) is 4. The molecule has 2 heterocycles. The van der Waals surface area contributed by atoms with Gasteiger partial charge in [0.1, 0.15) is 12.4 Å². The highest BCUT2D eigenvalue weighted by molar-refractivity contribution is 7.97. The van der Waals surface area contributed by atoms with E-state index < -0.39 is 0 Å². The van der Waals surface area contributed by atoms with E-state index in [9.17, 15) is 9.59 Å². The Kier molecular flexibility index (Phi) is 6.52. The van der Waals surface area contributed by atoms with E-state index in [1.54, 1.807) is 34.7 Å². The van der Waals surface area contributed by atoms with Crippen LogP contribution in [0.4, 0.5) is 0 Å². The molecule has 7 heteroatoms. The van der Waals surface area contributed by atoms with E-state index >= 15 is 0 Å². The summed E-state index contributed by atoms with van der Waals surface area (Å²) in [6.07, 6.45) is 3.81. The minimum absolute atomic E-state index is 0.0216. The molecule has 4 aromatic rings. The summed E-state index contributed by atoms with van der Waals surface area (Å²) in [5.74, 6) is 1.61. The van der Waals surface area contributed by atoms with Gasteiger partial charge in [0, 0.05) is 18.8 Å². The maximum Gasteiger partial charge on any atom is 0.250 e. The molecule has 0 aliphatic carbocycles. The van der Waals surface area contributed by atoms with Crippen LogP contribution in [-0.2, 0) is 30.2 Å². The van der Waals surface area contributed by atoms with Crippen molar-refractivity contribution >= 4 is 28.7 Å². The average molecular weight is 433 g/mol. The van der Waals surface area contributed by atoms with Crippen molar-refractivity contribution in [2.45, 2.75) is 25.4 Å². The molecule has 0 radical (unpaired) electrons. The molecular formula is C24H24N4O2S. The van der Waals surface area contributed by atoms with Gasteiger partial charge in [-0.05, 0) is 35.6 Å². The number of aromatic nitrogens is 3. The number of imidazole rings is 1. The van der Waals surface area contributed by atoms with Crippen LogP contribution in [0.3, 0.4) is 0 Å². The van der Waals surface area contributed by atoms with Crippen LogP contribution in [0.15, 0.2) is 77.7 Å². The average Bonchev–Trinajstić information content (AvgIpc) is 3.12. The van der Waals surface area contributed by atoms with Gasteiger partial charge in [0.2, 0.25) is 5.91 Å². The van der Waals surface area contributed by atoms with Crippen LogP contribution in [0.1, 0.15) is 17.0 Å². The molecule has 2 aromatic heterocycles. The minimum atomic E-state index is -0.0505. The second-order valence-corrected chi connectivity index (χ2v) is 8.16. The van der Waals surface area contributed by atoms with E-state index in [0.29, 0.717) is 13.1 Å². The third-order valence-corrected chi connectivity index (χ3v) is 5.62. The molecular weight excluding hydrogens is 408 g/mol. The molecule has 0 spiro atoms. The van der Waals surface area contributed by atoms with Gasteiger partial charge in [-0.3, -0.25) is 9.59 Å². The zero-order chi connectivity index (χ0) is 21.6. The Balaban J connectivity index is 1.38. The molecule has 6 nitrogen and oxygen atoms in total. The van der Waals surface area contributed by atoms with Crippen molar-refractivity contribution in [3.05, 3.63) is 100 Å². The molecule has 1 N–H and O–H groups in total. The van der Waals surface area contributed by atoms with E-state index in [4.69, 9.17) is 0 Å². The highest BCUT2D eigenvalue weighted by Crippen LogP contribution is 2.18. The Labute approximate surface area is 184 Å². The second kappa shape index (κ2) is 9.66. The number of fused-ring (bicyclic) bond motifs is 1. The van der Waals surface area contributed by atoms with Crippen molar-refractivity contribution < 1.29 is 4.79 Å². The van der Waals surface area contributed by atoms with Gasteiger partial charge >= 0.3 is 0 Å². The van der Waals surface area contributed by atoms with E-state index in [1.807, 2.05) is 65.4 Å². The fourth-order valence-electron chi connectivity index (χ4n) is 3.49. The molecule has 0 fully saturated rings. The summed E-state index contributed by atoms with van der Waals surface area (Å²) in [5, 5.41) is 3.00. The van der Waals surface area contributed by atoms with Gasteiger partial charge < -0.3 is 14.5 Å². The molecule has 158 valence electrons. The number of carbonyl (C=O) groups excluding carboxylic acids is 1. The summed E-state index contributed by atoms with van der Waals surface area (Å²) in [4.78, 5) is 29.1. The van der Waals surface area contributed by atoms with Crippen LogP contribution in [-0.4, -0.2) is 26.3 Å². The van der Waals surface area contributed by atoms with E-state index in [-0.39, 0.29) is 18.0 Å². The van der Waals surface area contributed by atoms with Gasteiger partial charge in [-0.15, -0.1) is 0 Å². The minimum Gasteiger partial charge on any atom is -0.350 e. The molecule has 31 heavy (non-hydrogen) atoms. The first-order valence-corrected chi connectivity index (χ1v) is 11.5. The van der Waals surface area contributed by atoms with Crippen LogP contribution < -0.4 is 10.9 Å². The first-order valence-electron chi connectivity index (χ1n) is 10.1. The summed E-state index contributed by atoms with van der Waals surface area (Å²) in [7, 11) is 0. The monoisotopic (exact) mass is 432 g/mol. The standard InChI is InChI=1S/C24H24N4O2S/c1-31-17-22-26-20-6-2-3-7-21(20)28(22)16-23(29)25-14-18-9-11-19(12-10-18)15-27-13-5-4-8-24(27)30/h2-13H,14-17H2,1H3,(H,25,29). The maximum atomic E-state index is 12.6. The number of nitrogens with zero attached hydrogens (tertiary/aromatic N) is 3. The Morgan fingerprint density at radius 3 is 2.52 bits per heavy atom. The van der Waals surface area contributed by atoms with Gasteiger partial charge in [-0.2, -0.15) is 11.8 Å². The van der Waals surface area contributed by atoms with Crippen molar-refractivity contribution in [1.29, 1.82) is 0 Å². The predicted octanol–water partition coefficient (Wildman–Crippen LogP) is 3.43. The molecule has 0 saturated carbocycles. The maximum absolute atomic E-state index is 12.6. The van der Waals surface area contributed by atoms with Gasteiger partial charge in [-0.1, -0.05) is 42.5 Å². The number of pyridine rings is 1. The number of nitrogens with one attached hydrogen (secondary N) is 1. The van der Waals surface area contributed by atoms with Gasteiger partial charge in [0.25, 0.3) is 5.56 Å². The topological polar surface area (TPSA) is 68.9 Å². The van der Waals surface area contributed by atoms with E-state index in [0.717, 1.165) is 33.7 Å². The molecule has 0 atom stereocenters. The van der Waals surface area contributed by atoms with Crippen molar-refractivity contribution in [3.8, 4) is 0 Å². The van der Waals surface area contributed by atoms with Crippen molar-refractivity contribution in [2.75, 3.05) is 6.26 Å². The lowest BCUT2D eigenvalue weighted by Crippen LogP contribution is -2.27. The highest BCUT2D eigenvalue weighted by atomic mass is 32.2. The zero-order valence-electron chi connectivity index (χ0n) is 17.3. The number of hydrogen-bond donors (Lipinski definition) is 1. The Morgan fingerprint density at radius 2 is 1.74 bits per heavy atom. The lowest BCUT2D eigenvalue weighted by atomic mass is 10.1. The van der Waals surface area contributed by atoms with Gasteiger partial charge in [0.15, 0.2) is 0 Å². The third kappa shape index (κ3) is 5.06. The number of carbonyl (C=O) groups is 1. The highest BCUT2D eigenvalue weighted by Gasteiger charge is 2.13. The molecule has 0 saturated heterocycles. The number of amides is 1. The van der Waals surface area contributed by atoms with Gasteiger partial charge in [0.05, 0.1) is 23.3 Å². The molecule has 0 unspecified atom stereocenters. The fraction of sp³-hybridized carbons (Fsp3) is 0.208. The van der Waals surface area contributed by atoms with E-state index in [2.05, 4.69) is 10.3 Å². The Bertz CT molecular complexity index is 1240. The summed E-state index contributed by atoms with van der Waals surface area (Å²) < 4.78 is 3.65. The molecule has 0 bridgehead atoms. The zero-order valence-corrected chi connectivity index (χ0v) is 18.1. The smallest absolute Gasteiger partial charge is 0.250 e. The number of benzene rings is 2. The van der Waals surface area contributed by atoms with Crippen LogP contribution in [0.25, 0.3) is 11.0 Å². The molecule has 2 aromatic carbocycles. The summed E-state index contributed by atoms with van der Waals surface area (Å²) in [6, 6.07) is 21.0. The summed E-state index contributed by atoms with van der Waals surface area (Å²) >= 11 is 1.69. The lowest BCUT2D eigenvalue weighted by molar-refractivity contribution is -0.121. The molecule has 0 aliphatic heterocycles.